The van der Waals surface area contributed by atoms with Crippen molar-refractivity contribution in [1.82, 2.24) is 9.97 Å². The fourth-order valence-electron chi connectivity index (χ4n) is 1.74. The van der Waals surface area contributed by atoms with Crippen molar-refractivity contribution in [2.24, 2.45) is 0 Å². The zero-order chi connectivity index (χ0) is 13.2. The molecule has 0 aliphatic heterocycles. The fourth-order valence-corrected chi connectivity index (χ4v) is 2.01. The van der Waals surface area contributed by atoms with Crippen LogP contribution >= 0.6 is 15.9 Å². The van der Waals surface area contributed by atoms with Gasteiger partial charge in [0.25, 0.3) is 5.91 Å². The summed E-state index contributed by atoms with van der Waals surface area (Å²) in [4.78, 5) is 20.5. The van der Waals surface area contributed by atoms with Gasteiger partial charge in [0.2, 0.25) is 0 Å². The summed E-state index contributed by atoms with van der Waals surface area (Å²) in [6, 6.07) is 7.42. The van der Waals surface area contributed by atoms with Crippen molar-refractivity contribution in [2.45, 2.75) is 18.8 Å². The maximum Gasteiger partial charge on any atom is 0.258 e. The van der Waals surface area contributed by atoms with E-state index in [1.54, 1.807) is 12.4 Å². The molecule has 3 rings (SSSR count). The number of anilines is 1. The van der Waals surface area contributed by atoms with Crippen molar-refractivity contribution < 1.29 is 4.79 Å². The summed E-state index contributed by atoms with van der Waals surface area (Å²) in [5.74, 6) is 1.16. The molecule has 0 atom stereocenters. The normalized spacial score (nSPS) is 14.2. The maximum absolute atomic E-state index is 12.0. The number of nitrogens with zero attached hydrogens (tertiary/aromatic N) is 2. The average Bonchev–Trinajstić information content (AvgIpc) is 3.26. The molecule has 0 unspecified atom stereocenters. The fraction of sp³-hybridized carbons (Fsp3) is 0.214. The lowest BCUT2D eigenvalue weighted by Gasteiger charge is -2.05. The Morgan fingerprint density at radius 2 is 1.79 bits per heavy atom. The van der Waals surface area contributed by atoms with E-state index in [2.05, 4.69) is 31.2 Å². The van der Waals surface area contributed by atoms with Gasteiger partial charge in [-0.3, -0.25) is 4.79 Å². The zero-order valence-corrected chi connectivity index (χ0v) is 11.7. The molecular weight excluding hydrogens is 306 g/mol. The second kappa shape index (κ2) is 5.09. The van der Waals surface area contributed by atoms with E-state index in [-0.39, 0.29) is 5.91 Å². The first-order chi connectivity index (χ1) is 9.22. The standard InChI is InChI=1S/C14H12BrN3O/c15-11-3-5-12(6-4-11)18-14(19)10-7-16-13(17-8-10)9-1-2-9/h3-9H,1-2H2,(H,18,19). The number of amides is 1. The molecule has 1 saturated carbocycles. The number of benzene rings is 1. The number of nitrogens with one attached hydrogen (secondary N) is 1. The lowest BCUT2D eigenvalue weighted by Crippen LogP contribution is -2.13. The van der Waals surface area contributed by atoms with E-state index in [1.165, 1.54) is 0 Å². The summed E-state index contributed by atoms with van der Waals surface area (Å²) >= 11 is 3.35. The van der Waals surface area contributed by atoms with Crippen molar-refractivity contribution in [1.29, 1.82) is 0 Å². The predicted octanol–water partition coefficient (Wildman–Crippen LogP) is 3.37. The second-order valence-corrected chi connectivity index (χ2v) is 5.48. The summed E-state index contributed by atoms with van der Waals surface area (Å²) in [6.07, 6.45) is 5.50. The Bertz CT molecular complexity index is 591. The van der Waals surface area contributed by atoms with Gasteiger partial charge in [0.1, 0.15) is 5.82 Å². The van der Waals surface area contributed by atoms with Gasteiger partial charge in [-0.05, 0) is 37.1 Å². The highest BCUT2D eigenvalue weighted by molar-refractivity contribution is 9.10. The Hall–Kier alpha value is -1.75. The minimum Gasteiger partial charge on any atom is -0.322 e. The molecule has 4 nitrogen and oxygen atoms in total. The van der Waals surface area contributed by atoms with Gasteiger partial charge in [-0.1, -0.05) is 15.9 Å². The number of rotatable bonds is 3. The predicted molar refractivity (Wildman–Crippen MR) is 76.1 cm³/mol. The number of carbonyl (C=O) groups is 1. The van der Waals surface area contributed by atoms with Crippen LogP contribution in [0, 0.1) is 0 Å². The second-order valence-electron chi connectivity index (χ2n) is 4.57. The summed E-state index contributed by atoms with van der Waals surface area (Å²) in [5.41, 5.74) is 1.23. The largest absolute Gasteiger partial charge is 0.322 e. The number of halogens is 1. The molecule has 1 aliphatic carbocycles. The number of aromatic nitrogens is 2. The van der Waals surface area contributed by atoms with E-state index < -0.39 is 0 Å². The van der Waals surface area contributed by atoms with Gasteiger partial charge in [-0.2, -0.15) is 0 Å². The zero-order valence-electron chi connectivity index (χ0n) is 10.1. The van der Waals surface area contributed by atoms with Gasteiger partial charge in [-0.25, -0.2) is 9.97 Å². The van der Waals surface area contributed by atoms with Crippen molar-refractivity contribution in [3.63, 3.8) is 0 Å². The first-order valence-electron chi connectivity index (χ1n) is 6.11. The van der Waals surface area contributed by atoms with Crippen LogP contribution in [0.4, 0.5) is 5.69 Å². The van der Waals surface area contributed by atoms with Crippen LogP contribution < -0.4 is 5.32 Å². The third kappa shape index (κ3) is 2.98. The molecule has 5 heteroatoms. The SMILES string of the molecule is O=C(Nc1ccc(Br)cc1)c1cnc(C2CC2)nc1. The van der Waals surface area contributed by atoms with E-state index in [0.717, 1.165) is 28.8 Å². The number of hydrogen-bond donors (Lipinski definition) is 1. The van der Waals surface area contributed by atoms with Gasteiger partial charge in [0, 0.05) is 28.5 Å². The smallest absolute Gasteiger partial charge is 0.258 e. The Morgan fingerprint density at radius 3 is 2.37 bits per heavy atom. The van der Waals surface area contributed by atoms with Crippen LogP contribution in [0.1, 0.15) is 34.9 Å². The maximum atomic E-state index is 12.0. The van der Waals surface area contributed by atoms with Gasteiger partial charge < -0.3 is 5.32 Å². The molecule has 1 amide bonds. The van der Waals surface area contributed by atoms with Gasteiger partial charge in [0.05, 0.1) is 5.56 Å². The number of hydrogen-bond acceptors (Lipinski definition) is 3. The molecule has 0 radical (unpaired) electrons. The summed E-state index contributed by atoms with van der Waals surface area (Å²) in [5, 5.41) is 2.81. The van der Waals surface area contributed by atoms with Crippen molar-refractivity contribution >= 4 is 27.5 Å². The van der Waals surface area contributed by atoms with E-state index in [1.807, 2.05) is 24.3 Å². The summed E-state index contributed by atoms with van der Waals surface area (Å²) in [7, 11) is 0. The Labute approximate surface area is 119 Å². The van der Waals surface area contributed by atoms with Crippen molar-refractivity contribution in [3.8, 4) is 0 Å². The highest BCUT2D eigenvalue weighted by Gasteiger charge is 2.26. The minimum absolute atomic E-state index is 0.190. The summed E-state index contributed by atoms with van der Waals surface area (Å²) < 4.78 is 0.975. The molecule has 96 valence electrons. The summed E-state index contributed by atoms with van der Waals surface area (Å²) in [6.45, 7) is 0. The highest BCUT2D eigenvalue weighted by atomic mass is 79.9. The van der Waals surface area contributed by atoms with Gasteiger partial charge in [0.15, 0.2) is 0 Å². The molecule has 2 aromatic rings. The Kier molecular flexibility index (Phi) is 3.29. The molecular formula is C14H12BrN3O. The van der Waals surface area contributed by atoms with E-state index >= 15 is 0 Å². The van der Waals surface area contributed by atoms with E-state index in [0.29, 0.717) is 11.5 Å². The topological polar surface area (TPSA) is 54.9 Å². The molecule has 0 saturated heterocycles. The molecule has 1 fully saturated rings. The Morgan fingerprint density at radius 1 is 1.16 bits per heavy atom. The van der Waals surface area contributed by atoms with Crippen molar-refractivity contribution in [2.75, 3.05) is 5.32 Å². The Balaban J connectivity index is 1.70. The van der Waals surface area contributed by atoms with E-state index in [9.17, 15) is 4.79 Å². The molecule has 1 aliphatic rings. The van der Waals surface area contributed by atoms with Crippen LogP contribution in [0.5, 0.6) is 0 Å². The lowest BCUT2D eigenvalue weighted by atomic mass is 10.2. The first kappa shape index (κ1) is 12.3. The molecule has 0 spiro atoms. The molecule has 1 N–H and O–H groups in total. The quantitative estimate of drug-likeness (QED) is 0.944. The van der Waals surface area contributed by atoms with Crippen LogP contribution in [-0.4, -0.2) is 15.9 Å². The van der Waals surface area contributed by atoms with Gasteiger partial charge in [-0.15, -0.1) is 0 Å². The van der Waals surface area contributed by atoms with E-state index in [4.69, 9.17) is 0 Å². The monoisotopic (exact) mass is 317 g/mol. The first-order valence-corrected chi connectivity index (χ1v) is 6.90. The highest BCUT2D eigenvalue weighted by Crippen LogP contribution is 2.37. The van der Waals surface area contributed by atoms with Gasteiger partial charge >= 0.3 is 0 Å². The van der Waals surface area contributed by atoms with Crippen LogP contribution in [0.3, 0.4) is 0 Å². The minimum atomic E-state index is -0.190. The van der Waals surface area contributed by atoms with Crippen LogP contribution in [0.2, 0.25) is 0 Å². The van der Waals surface area contributed by atoms with Crippen LogP contribution in [-0.2, 0) is 0 Å². The molecule has 19 heavy (non-hydrogen) atoms. The van der Waals surface area contributed by atoms with Crippen molar-refractivity contribution in [3.05, 3.63) is 52.5 Å². The molecule has 1 heterocycles. The number of carbonyl (C=O) groups excluding carboxylic acids is 1. The van der Waals surface area contributed by atoms with Crippen LogP contribution in [0.15, 0.2) is 41.1 Å². The van der Waals surface area contributed by atoms with Crippen LogP contribution in [0.25, 0.3) is 0 Å². The third-order valence-electron chi connectivity index (χ3n) is 2.98. The molecule has 1 aromatic heterocycles. The third-order valence-corrected chi connectivity index (χ3v) is 3.51. The lowest BCUT2D eigenvalue weighted by molar-refractivity contribution is 0.102. The molecule has 0 bridgehead atoms. The molecule has 1 aromatic carbocycles. The average molecular weight is 318 g/mol.